The van der Waals surface area contributed by atoms with Crippen molar-refractivity contribution in [3.05, 3.63) is 34.1 Å². The first-order valence-corrected chi connectivity index (χ1v) is 9.39. The molecule has 6 nitrogen and oxygen atoms in total. The van der Waals surface area contributed by atoms with Crippen molar-refractivity contribution in [1.29, 1.82) is 5.26 Å². The van der Waals surface area contributed by atoms with Gasteiger partial charge >= 0.3 is 0 Å². The molecule has 1 aliphatic heterocycles. The number of hydrogen-bond donors (Lipinski definition) is 2. The van der Waals surface area contributed by atoms with E-state index in [0.29, 0.717) is 5.52 Å². The molecule has 0 spiro atoms. The molecule has 1 saturated heterocycles. The number of rotatable bonds is 4. The fraction of sp³-hybridized carbons (Fsp3) is 0.389. The summed E-state index contributed by atoms with van der Waals surface area (Å²) in [5.41, 5.74) is 1.30. The number of nitrogens with one attached hydrogen (secondary N) is 2. The second-order valence-corrected chi connectivity index (χ2v) is 7.38. The molecule has 7 heteroatoms. The SMILES string of the molecule is N#Cc1cc2c(ccc3sc(NCCN4CCCCC4)nc32)[nH]c1=O. The number of aromatic nitrogens is 2. The molecule has 0 saturated carbocycles. The van der Waals surface area contributed by atoms with E-state index in [-0.39, 0.29) is 11.1 Å². The third-order valence-electron chi connectivity index (χ3n) is 4.65. The van der Waals surface area contributed by atoms with Crippen molar-refractivity contribution in [2.45, 2.75) is 19.3 Å². The lowest BCUT2D eigenvalue weighted by molar-refractivity contribution is 0.237. The van der Waals surface area contributed by atoms with Gasteiger partial charge in [0.25, 0.3) is 5.56 Å². The quantitative estimate of drug-likeness (QED) is 0.753. The fourth-order valence-electron chi connectivity index (χ4n) is 3.33. The Morgan fingerprint density at radius 1 is 1.32 bits per heavy atom. The molecule has 128 valence electrons. The van der Waals surface area contributed by atoms with Gasteiger partial charge in [0.05, 0.1) is 15.7 Å². The van der Waals surface area contributed by atoms with Crippen LogP contribution in [-0.2, 0) is 0 Å². The minimum atomic E-state index is -0.357. The third-order valence-corrected chi connectivity index (χ3v) is 5.63. The summed E-state index contributed by atoms with van der Waals surface area (Å²) in [4.78, 5) is 21.7. The average Bonchev–Trinajstić information content (AvgIpc) is 3.05. The van der Waals surface area contributed by atoms with Crippen LogP contribution >= 0.6 is 11.3 Å². The van der Waals surface area contributed by atoms with E-state index in [9.17, 15) is 4.79 Å². The molecule has 0 atom stereocenters. The van der Waals surface area contributed by atoms with Crippen molar-refractivity contribution in [3.8, 4) is 6.07 Å². The lowest BCUT2D eigenvalue weighted by Gasteiger charge is -2.26. The van der Waals surface area contributed by atoms with E-state index in [1.807, 2.05) is 18.2 Å². The zero-order chi connectivity index (χ0) is 17.2. The van der Waals surface area contributed by atoms with Gasteiger partial charge in [-0.05, 0) is 44.1 Å². The van der Waals surface area contributed by atoms with E-state index < -0.39 is 0 Å². The van der Waals surface area contributed by atoms with Gasteiger partial charge in [0.1, 0.15) is 11.6 Å². The average molecular weight is 353 g/mol. The molecular weight excluding hydrogens is 334 g/mol. The van der Waals surface area contributed by atoms with Gasteiger partial charge in [-0.2, -0.15) is 5.26 Å². The minimum Gasteiger partial charge on any atom is -0.360 e. The summed E-state index contributed by atoms with van der Waals surface area (Å²) in [6, 6.07) is 7.41. The largest absolute Gasteiger partial charge is 0.360 e. The molecule has 1 aromatic carbocycles. The van der Waals surface area contributed by atoms with E-state index in [1.54, 1.807) is 17.4 Å². The lowest BCUT2D eigenvalue weighted by atomic mass is 10.1. The van der Waals surface area contributed by atoms with E-state index >= 15 is 0 Å². The van der Waals surface area contributed by atoms with Crippen LogP contribution in [0.25, 0.3) is 21.1 Å². The molecule has 2 N–H and O–H groups in total. The summed E-state index contributed by atoms with van der Waals surface area (Å²) in [6.07, 6.45) is 3.95. The normalized spacial score (nSPS) is 15.5. The second-order valence-electron chi connectivity index (χ2n) is 6.35. The number of nitriles is 1. The summed E-state index contributed by atoms with van der Waals surface area (Å²) in [6.45, 7) is 4.29. The van der Waals surface area contributed by atoms with Crippen molar-refractivity contribution in [2.75, 3.05) is 31.5 Å². The molecule has 2 aromatic heterocycles. The highest BCUT2D eigenvalue weighted by atomic mass is 32.1. The summed E-state index contributed by atoms with van der Waals surface area (Å²) in [7, 11) is 0. The molecule has 0 unspecified atom stereocenters. The monoisotopic (exact) mass is 353 g/mol. The third kappa shape index (κ3) is 3.23. The van der Waals surface area contributed by atoms with Crippen molar-refractivity contribution < 1.29 is 0 Å². The summed E-state index contributed by atoms with van der Waals surface area (Å²) >= 11 is 1.60. The molecule has 25 heavy (non-hydrogen) atoms. The fourth-order valence-corrected chi connectivity index (χ4v) is 4.24. The number of piperidine rings is 1. The van der Waals surface area contributed by atoms with Crippen LogP contribution in [0.1, 0.15) is 24.8 Å². The molecule has 1 aliphatic rings. The second kappa shape index (κ2) is 6.82. The van der Waals surface area contributed by atoms with Crippen molar-refractivity contribution in [2.24, 2.45) is 0 Å². The molecule has 4 rings (SSSR count). The number of benzene rings is 1. The Balaban J connectivity index is 1.58. The van der Waals surface area contributed by atoms with Gasteiger partial charge in [-0.1, -0.05) is 17.8 Å². The van der Waals surface area contributed by atoms with Crippen LogP contribution in [0.5, 0.6) is 0 Å². The van der Waals surface area contributed by atoms with Crippen molar-refractivity contribution >= 4 is 37.6 Å². The van der Waals surface area contributed by atoms with Gasteiger partial charge in [-0.25, -0.2) is 4.98 Å². The Bertz CT molecular complexity index is 1010. The topological polar surface area (TPSA) is 84.8 Å². The Hall–Kier alpha value is -2.43. The van der Waals surface area contributed by atoms with E-state index in [2.05, 4.69) is 20.2 Å². The number of aromatic amines is 1. The standard InChI is InChI=1S/C18H19N5OS/c19-11-12-10-13-14(21-17(12)24)4-5-15-16(13)22-18(25-15)20-6-9-23-7-2-1-3-8-23/h4-5,10H,1-3,6-9H2,(H,20,22)(H,21,24). The van der Waals surface area contributed by atoms with E-state index in [4.69, 9.17) is 5.26 Å². The van der Waals surface area contributed by atoms with Crippen LogP contribution in [0.4, 0.5) is 5.13 Å². The van der Waals surface area contributed by atoms with Gasteiger partial charge in [0.2, 0.25) is 0 Å². The number of likely N-dealkylation sites (tertiary alicyclic amines) is 1. The van der Waals surface area contributed by atoms with Crippen LogP contribution in [0.2, 0.25) is 0 Å². The number of thiazole rings is 1. The number of fused-ring (bicyclic) bond motifs is 3. The summed E-state index contributed by atoms with van der Waals surface area (Å²) in [5.74, 6) is 0. The van der Waals surface area contributed by atoms with E-state index in [0.717, 1.165) is 33.8 Å². The highest BCUT2D eigenvalue weighted by Gasteiger charge is 2.12. The van der Waals surface area contributed by atoms with Crippen molar-refractivity contribution in [3.63, 3.8) is 0 Å². The van der Waals surface area contributed by atoms with Gasteiger partial charge in [-0.15, -0.1) is 0 Å². The van der Waals surface area contributed by atoms with Crippen molar-refractivity contribution in [1.82, 2.24) is 14.9 Å². The van der Waals surface area contributed by atoms with Crippen LogP contribution in [0.3, 0.4) is 0 Å². The highest BCUT2D eigenvalue weighted by molar-refractivity contribution is 7.22. The molecule has 1 fully saturated rings. The van der Waals surface area contributed by atoms with Gasteiger partial charge in [0, 0.05) is 18.5 Å². The molecule has 3 heterocycles. The first kappa shape index (κ1) is 16.1. The van der Waals surface area contributed by atoms with Gasteiger partial charge in [-0.3, -0.25) is 4.79 Å². The van der Waals surface area contributed by atoms with Crippen LogP contribution in [-0.4, -0.2) is 41.0 Å². The molecule has 0 amide bonds. The van der Waals surface area contributed by atoms with Crippen LogP contribution in [0, 0.1) is 11.3 Å². The first-order chi connectivity index (χ1) is 12.2. The minimum absolute atomic E-state index is 0.118. The number of anilines is 1. The van der Waals surface area contributed by atoms with Gasteiger partial charge < -0.3 is 15.2 Å². The van der Waals surface area contributed by atoms with E-state index in [1.165, 1.54) is 32.4 Å². The number of H-pyrrole nitrogens is 1. The summed E-state index contributed by atoms with van der Waals surface area (Å²) in [5, 5.41) is 14.2. The number of pyridine rings is 1. The van der Waals surface area contributed by atoms with Crippen LogP contribution in [0.15, 0.2) is 23.0 Å². The highest BCUT2D eigenvalue weighted by Crippen LogP contribution is 2.30. The molecule has 0 bridgehead atoms. The van der Waals surface area contributed by atoms with Crippen LogP contribution < -0.4 is 10.9 Å². The van der Waals surface area contributed by atoms with Gasteiger partial charge in [0.15, 0.2) is 5.13 Å². The Labute approximate surface area is 149 Å². The Morgan fingerprint density at radius 2 is 2.16 bits per heavy atom. The lowest BCUT2D eigenvalue weighted by Crippen LogP contribution is -2.33. The smallest absolute Gasteiger partial charge is 0.266 e. The predicted octanol–water partition coefficient (Wildman–Crippen LogP) is 2.91. The zero-order valence-corrected chi connectivity index (χ0v) is 14.7. The maximum atomic E-state index is 11.8. The predicted molar refractivity (Wildman–Crippen MR) is 101 cm³/mol. The zero-order valence-electron chi connectivity index (χ0n) is 13.8. The number of nitrogens with zero attached hydrogens (tertiary/aromatic N) is 3. The maximum Gasteiger partial charge on any atom is 0.266 e. The first-order valence-electron chi connectivity index (χ1n) is 8.57. The maximum absolute atomic E-state index is 11.8. The molecule has 3 aromatic rings. The molecular formula is C18H19N5OS. The molecule has 0 radical (unpaired) electrons. The molecule has 0 aliphatic carbocycles. The summed E-state index contributed by atoms with van der Waals surface area (Å²) < 4.78 is 1.05. The Kier molecular flexibility index (Phi) is 4.38. The Morgan fingerprint density at radius 3 is 2.96 bits per heavy atom. The number of hydrogen-bond acceptors (Lipinski definition) is 6.